The lowest BCUT2D eigenvalue weighted by Gasteiger charge is -2.10. The average Bonchev–Trinajstić information content (AvgIpc) is 2.50. The lowest BCUT2D eigenvalue weighted by atomic mass is 10.0. The quantitative estimate of drug-likeness (QED) is 0.297. The van der Waals surface area contributed by atoms with Crippen molar-refractivity contribution in [3.05, 3.63) is 47.5 Å². The van der Waals surface area contributed by atoms with Gasteiger partial charge in [-0.05, 0) is 42.3 Å². The molecule has 2 rings (SSSR count). The summed E-state index contributed by atoms with van der Waals surface area (Å²) in [5.74, 6) is -1.61. The van der Waals surface area contributed by atoms with E-state index in [-0.39, 0.29) is 18.4 Å². The summed E-state index contributed by atoms with van der Waals surface area (Å²) in [7, 11) is -9.19. The zero-order valence-corrected chi connectivity index (χ0v) is 15.0. The van der Waals surface area contributed by atoms with Crippen LogP contribution in [-0.2, 0) is 15.6 Å². The molecule has 0 unspecified atom stereocenters. The highest BCUT2D eigenvalue weighted by atomic mass is 31.2. The molecule has 140 valence electrons. The summed E-state index contributed by atoms with van der Waals surface area (Å²) in [6, 6.07) is 6.48. The Hall–Kier alpha value is -1.99. The highest BCUT2D eigenvalue weighted by molar-refractivity contribution is 7.60. The molecule has 0 atom stereocenters. The van der Waals surface area contributed by atoms with Crippen LogP contribution in [-0.4, -0.2) is 35.6 Å². The van der Waals surface area contributed by atoms with Gasteiger partial charge in [0.15, 0.2) is 5.78 Å². The SMILES string of the molecule is O=C(CCc1ccc(P(=O)(O)O)c(O)c1)c1cc(P(=O)(O)O)ccc1O. The van der Waals surface area contributed by atoms with Gasteiger partial charge in [0.05, 0.1) is 10.9 Å². The van der Waals surface area contributed by atoms with E-state index >= 15 is 0 Å². The molecule has 26 heavy (non-hydrogen) atoms. The summed E-state index contributed by atoms with van der Waals surface area (Å²) in [4.78, 5) is 48.6. The predicted octanol–water partition coefficient (Wildman–Crippen LogP) is 0.519. The highest BCUT2D eigenvalue weighted by Gasteiger charge is 2.23. The van der Waals surface area contributed by atoms with Gasteiger partial charge in [0.2, 0.25) is 0 Å². The standard InChI is InChI=1S/C15H16O9P2/c16-12(11-8-10(25(19,20)21)3-5-13(11)17)4-1-9-2-6-15(14(18)7-9)26(22,23)24/h2-3,5-8,17-18H,1,4H2,(H2,19,20,21)(H2,22,23,24). The van der Waals surface area contributed by atoms with Crippen molar-refractivity contribution in [3.8, 4) is 11.5 Å². The Bertz CT molecular complexity index is 942. The molecule has 0 aliphatic carbocycles. The Kier molecular flexibility index (Phi) is 5.73. The van der Waals surface area contributed by atoms with Crippen LogP contribution >= 0.6 is 15.2 Å². The zero-order valence-electron chi connectivity index (χ0n) is 13.2. The first-order valence-electron chi connectivity index (χ1n) is 7.20. The number of hydrogen-bond acceptors (Lipinski definition) is 5. The minimum atomic E-state index is -4.61. The average molecular weight is 402 g/mol. The van der Waals surface area contributed by atoms with Crippen LogP contribution in [0.3, 0.4) is 0 Å². The molecule has 0 aromatic heterocycles. The number of rotatable bonds is 6. The predicted molar refractivity (Wildman–Crippen MR) is 92.2 cm³/mol. The smallest absolute Gasteiger partial charge is 0.359 e. The number of carbonyl (C=O) groups excluding carboxylic acids is 1. The maximum Gasteiger partial charge on any atom is 0.359 e. The maximum atomic E-state index is 12.2. The molecule has 11 heteroatoms. The van der Waals surface area contributed by atoms with Crippen LogP contribution in [0.1, 0.15) is 22.3 Å². The van der Waals surface area contributed by atoms with Crippen molar-refractivity contribution in [2.45, 2.75) is 12.8 Å². The number of phenolic OH excluding ortho intramolecular Hbond substituents is 2. The maximum absolute atomic E-state index is 12.2. The molecule has 0 bridgehead atoms. The molecule has 0 amide bonds. The van der Waals surface area contributed by atoms with Crippen LogP contribution in [0, 0.1) is 0 Å². The van der Waals surface area contributed by atoms with Crippen LogP contribution < -0.4 is 10.6 Å². The first-order chi connectivity index (χ1) is 11.9. The number of carbonyl (C=O) groups is 1. The van der Waals surface area contributed by atoms with Crippen molar-refractivity contribution >= 4 is 31.6 Å². The minimum Gasteiger partial charge on any atom is -0.507 e. The molecular formula is C15H16O9P2. The van der Waals surface area contributed by atoms with E-state index < -0.39 is 43.1 Å². The Morgan fingerprint density at radius 3 is 2.04 bits per heavy atom. The van der Waals surface area contributed by atoms with Gasteiger partial charge in [0, 0.05) is 6.42 Å². The van der Waals surface area contributed by atoms with Crippen LogP contribution in [0.15, 0.2) is 36.4 Å². The van der Waals surface area contributed by atoms with Gasteiger partial charge in [-0.1, -0.05) is 6.07 Å². The molecule has 0 saturated heterocycles. The molecule has 2 aromatic rings. The van der Waals surface area contributed by atoms with Crippen LogP contribution in [0.2, 0.25) is 0 Å². The fourth-order valence-electron chi connectivity index (χ4n) is 2.29. The number of hydrogen-bond donors (Lipinski definition) is 6. The third kappa shape index (κ3) is 4.80. The number of Topliss-reactive ketones (excluding diaryl/α,β-unsaturated/α-hetero) is 1. The summed E-state index contributed by atoms with van der Waals surface area (Å²) in [6.07, 6.45) is -0.0831. The van der Waals surface area contributed by atoms with Crippen LogP contribution in [0.5, 0.6) is 11.5 Å². The highest BCUT2D eigenvalue weighted by Crippen LogP contribution is 2.37. The van der Waals surface area contributed by atoms with E-state index in [4.69, 9.17) is 19.6 Å². The fraction of sp³-hybridized carbons (Fsp3) is 0.133. The zero-order chi connectivity index (χ0) is 19.7. The number of benzene rings is 2. The van der Waals surface area contributed by atoms with E-state index in [2.05, 4.69) is 0 Å². The van der Waals surface area contributed by atoms with Crippen LogP contribution in [0.4, 0.5) is 0 Å². The molecule has 0 radical (unpaired) electrons. The van der Waals surface area contributed by atoms with Gasteiger partial charge in [-0.15, -0.1) is 0 Å². The van der Waals surface area contributed by atoms with Crippen LogP contribution in [0.25, 0.3) is 0 Å². The molecule has 6 N–H and O–H groups in total. The monoisotopic (exact) mass is 402 g/mol. The number of ketones is 1. The number of aryl methyl sites for hydroxylation is 1. The van der Waals surface area contributed by atoms with Crippen molar-refractivity contribution in [1.29, 1.82) is 0 Å². The third-order valence-electron chi connectivity index (χ3n) is 3.61. The molecule has 0 fully saturated rings. The lowest BCUT2D eigenvalue weighted by molar-refractivity contribution is 0.0980. The molecule has 0 aliphatic heterocycles. The van der Waals surface area contributed by atoms with Crippen molar-refractivity contribution in [2.24, 2.45) is 0 Å². The normalized spacial score (nSPS) is 12.2. The Morgan fingerprint density at radius 2 is 1.50 bits per heavy atom. The van der Waals surface area contributed by atoms with E-state index in [9.17, 15) is 24.1 Å². The van der Waals surface area contributed by atoms with Crippen molar-refractivity contribution in [3.63, 3.8) is 0 Å². The first-order valence-corrected chi connectivity index (χ1v) is 10.4. The second-order valence-electron chi connectivity index (χ2n) is 5.54. The second-order valence-corrected chi connectivity index (χ2v) is 8.71. The van der Waals surface area contributed by atoms with Gasteiger partial charge < -0.3 is 29.8 Å². The van der Waals surface area contributed by atoms with Gasteiger partial charge in [0.25, 0.3) is 0 Å². The summed E-state index contributed by atoms with van der Waals surface area (Å²) in [6.45, 7) is 0. The molecule has 0 spiro atoms. The van der Waals surface area contributed by atoms with E-state index in [0.717, 1.165) is 30.3 Å². The van der Waals surface area contributed by atoms with E-state index in [1.54, 1.807) is 0 Å². The van der Waals surface area contributed by atoms with E-state index in [0.29, 0.717) is 5.56 Å². The van der Waals surface area contributed by atoms with Gasteiger partial charge in [-0.2, -0.15) is 0 Å². The van der Waals surface area contributed by atoms with E-state index in [1.807, 2.05) is 0 Å². The Morgan fingerprint density at radius 1 is 0.846 bits per heavy atom. The summed E-state index contributed by atoms with van der Waals surface area (Å²) >= 11 is 0. The van der Waals surface area contributed by atoms with E-state index in [1.165, 1.54) is 6.07 Å². The fourth-order valence-corrected chi connectivity index (χ4v) is 3.49. The molecular weight excluding hydrogens is 386 g/mol. The Balaban J connectivity index is 2.18. The third-order valence-corrected chi connectivity index (χ3v) is 5.57. The van der Waals surface area contributed by atoms with Crippen molar-refractivity contribution in [2.75, 3.05) is 0 Å². The summed E-state index contributed by atoms with van der Waals surface area (Å²) in [5, 5.41) is 18.5. The molecule has 0 heterocycles. The number of aromatic hydroxyl groups is 2. The lowest BCUT2D eigenvalue weighted by Crippen LogP contribution is -2.10. The largest absolute Gasteiger partial charge is 0.507 e. The molecule has 0 saturated carbocycles. The number of phenols is 2. The van der Waals surface area contributed by atoms with Crippen molar-refractivity contribution in [1.82, 2.24) is 0 Å². The van der Waals surface area contributed by atoms with Gasteiger partial charge in [-0.3, -0.25) is 13.9 Å². The topological polar surface area (TPSA) is 173 Å². The molecule has 0 aliphatic rings. The second kappa shape index (κ2) is 7.32. The minimum absolute atomic E-state index is 0.0768. The summed E-state index contributed by atoms with van der Waals surface area (Å²) < 4.78 is 22.4. The van der Waals surface area contributed by atoms with Crippen molar-refractivity contribution < 1.29 is 43.7 Å². The first kappa shape index (κ1) is 20.3. The summed E-state index contributed by atoms with van der Waals surface area (Å²) in [5.41, 5.74) is 0.167. The Labute approximate surface area is 147 Å². The van der Waals surface area contributed by atoms with Gasteiger partial charge in [-0.25, -0.2) is 0 Å². The molecule has 9 nitrogen and oxygen atoms in total. The van der Waals surface area contributed by atoms with Gasteiger partial charge in [0.1, 0.15) is 16.8 Å². The molecule has 2 aromatic carbocycles. The van der Waals surface area contributed by atoms with Gasteiger partial charge >= 0.3 is 15.2 Å².